The average molecular weight is 338 g/mol. The van der Waals surface area contributed by atoms with Crippen LogP contribution in [0.5, 0.6) is 0 Å². The predicted octanol–water partition coefficient (Wildman–Crippen LogP) is 3.30. The molecule has 17 heavy (non-hydrogen) atoms. The van der Waals surface area contributed by atoms with Gasteiger partial charge in [0.05, 0.1) is 6.04 Å². The highest BCUT2D eigenvalue weighted by Crippen LogP contribution is 2.25. The smallest absolute Gasteiger partial charge is 0.0600 e. The Kier molecular flexibility index (Phi) is 4.12. The van der Waals surface area contributed by atoms with Gasteiger partial charge in [-0.15, -0.1) is 0 Å². The molecule has 0 aliphatic rings. The normalized spacial score (nSPS) is 12.4. The lowest BCUT2D eigenvalue weighted by atomic mass is 9.99. The molecule has 1 aromatic carbocycles. The Labute approximate surface area is 116 Å². The van der Waals surface area contributed by atoms with E-state index in [0.717, 1.165) is 0 Å². The zero-order valence-corrected chi connectivity index (χ0v) is 12.1. The third-order valence-corrected chi connectivity index (χ3v) is 3.72. The minimum atomic E-state index is 0.204. The molecule has 0 saturated carbocycles. The summed E-state index contributed by atoms with van der Waals surface area (Å²) in [4.78, 5) is 4.27. The standard InChI is InChI=1S/C14H15IN2/c1-10-7-11(9-17-8-10)14(16-2)12-5-3-4-6-13(12)15/h3-9,14,16H,1-2H3. The van der Waals surface area contributed by atoms with Crippen LogP contribution in [0, 0.1) is 10.5 Å². The van der Waals surface area contributed by atoms with Crippen LogP contribution in [-0.4, -0.2) is 12.0 Å². The number of aryl methyl sites for hydroxylation is 1. The first kappa shape index (κ1) is 12.5. The van der Waals surface area contributed by atoms with Crippen molar-refractivity contribution >= 4 is 22.6 Å². The summed E-state index contributed by atoms with van der Waals surface area (Å²) in [6, 6.07) is 10.8. The second-order valence-corrected chi connectivity index (χ2v) is 5.20. The molecule has 0 aliphatic heterocycles. The number of rotatable bonds is 3. The van der Waals surface area contributed by atoms with Gasteiger partial charge in [-0.05, 0) is 59.3 Å². The Balaban J connectivity index is 2.44. The number of hydrogen-bond acceptors (Lipinski definition) is 2. The van der Waals surface area contributed by atoms with E-state index in [1.54, 1.807) is 0 Å². The molecule has 0 radical (unpaired) electrons. The molecule has 0 saturated heterocycles. The van der Waals surface area contributed by atoms with Gasteiger partial charge in [-0.2, -0.15) is 0 Å². The summed E-state index contributed by atoms with van der Waals surface area (Å²) in [6.45, 7) is 2.07. The van der Waals surface area contributed by atoms with Gasteiger partial charge in [-0.1, -0.05) is 24.3 Å². The van der Waals surface area contributed by atoms with Gasteiger partial charge in [-0.25, -0.2) is 0 Å². The van der Waals surface area contributed by atoms with Gasteiger partial charge in [0, 0.05) is 16.0 Å². The Morgan fingerprint density at radius 2 is 2.00 bits per heavy atom. The van der Waals surface area contributed by atoms with Gasteiger partial charge in [0.2, 0.25) is 0 Å². The lowest BCUT2D eigenvalue weighted by Crippen LogP contribution is -2.19. The summed E-state index contributed by atoms with van der Waals surface area (Å²) in [5, 5.41) is 3.36. The van der Waals surface area contributed by atoms with Crippen LogP contribution in [-0.2, 0) is 0 Å². The summed E-state index contributed by atoms with van der Waals surface area (Å²) >= 11 is 2.37. The van der Waals surface area contributed by atoms with Crippen molar-refractivity contribution in [1.29, 1.82) is 0 Å². The van der Waals surface area contributed by atoms with Crippen LogP contribution in [0.4, 0.5) is 0 Å². The van der Waals surface area contributed by atoms with Gasteiger partial charge >= 0.3 is 0 Å². The number of aromatic nitrogens is 1. The molecule has 0 fully saturated rings. The molecule has 2 rings (SSSR count). The van der Waals surface area contributed by atoms with Crippen molar-refractivity contribution < 1.29 is 0 Å². The fourth-order valence-corrected chi connectivity index (χ4v) is 2.65. The Morgan fingerprint density at radius 1 is 1.24 bits per heavy atom. The number of nitrogens with one attached hydrogen (secondary N) is 1. The quantitative estimate of drug-likeness (QED) is 0.869. The first-order valence-corrected chi connectivity index (χ1v) is 6.63. The maximum absolute atomic E-state index is 4.27. The van der Waals surface area contributed by atoms with Crippen LogP contribution in [0.3, 0.4) is 0 Å². The van der Waals surface area contributed by atoms with E-state index in [1.165, 1.54) is 20.3 Å². The van der Waals surface area contributed by atoms with Gasteiger partial charge < -0.3 is 5.32 Å². The monoisotopic (exact) mass is 338 g/mol. The third kappa shape index (κ3) is 2.84. The van der Waals surface area contributed by atoms with Crippen LogP contribution in [0.25, 0.3) is 0 Å². The number of halogens is 1. The van der Waals surface area contributed by atoms with Gasteiger partial charge in [0.15, 0.2) is 0 Å². The zero-order valence-electron chi connectivity index (χ0n) is 9.94. The summed E-state index contributed by atoms with van der Waals surface area (Å²) < 4.78 is 1.27. The molecule has 2 aromatic rings. The van der Waals surface area contributed by atoms with E-state index in [0.29, 0.717) is 0 Å². The summed E-state index contributed by atoms with van der Waals surface area (Å²) in [5.74, 6) is 0. The Morgan fingerprint density at radius 3 is 2.65 bits per heavy atom. The van der Waals surface area contributed by atoms with Crippen LogP contribution < -0.4 is 5.32 Å². The first-order chi connectivity index (χ1) is 8.22. The van der Waals surface area contributed by atoms with Crippen molar-refractivity contribution in [3.05, 3.63) is 63.0 Å². The highest BCUT2D eigenvalue weighted by molar-refractivity contribution is 14.1. The molecule has 2 nitrogen and oxygen atoms in total. The average Bonchev–Trinajstić information content (AvgIpc) is 2.33. The number of pyridine rings is 1. The third-order valence-electron chi connectivity index (χ3n) is 2.73. The van der Waals surface area contributed by atoms with E-state index < -0.39 is 0 Å². The van der Waals surface area contributed by atoms with Crippen molar-refractivity contribution in [3.8, 4) is 0 Å². The Bertz CT molecular complexity index is 511. The highest BCUT2D eigenvalue weighted by atomic mass is 127. The van der Waals surface area contributed by atoms with Crippen molar-refractivity contribution in [1.82, 2.24) is 10.3 Å². The van der Waals surface area contributed by atoms with Crippen LogP contribution in [0.2, 0.25) is 0 Å². The zero-order chi connectivity index (χ0) is 12.3. The molecule has 3 heteroatoms. The van der Waals surface area contributed by atoms with E-state index in [1.807, 2.05) is 19.4 Å². The molecule has 0 spiro atoms. The fraction of sp³-hybridized carbons (Fsp3) is 0.214. The molecule has 1 N–H and O–H groups in total. The molecule has 1 atom stereocenters. The highest BCUT2D eigenvalue weighted by Gasteiger charge is 2.14. The van der Waals surface area contributed by atoms with Crippen LogP contribution in [0.1, 0.15) is 22.7 Å². The summed E-state index contributed by atoms with van der Waals surface area (Å²) in [7, 11) is 1.98. The molecule has 88 valence electrons. The maximum Gasteiger partial charge on any atom is 0.0600 e. The van der Waals surface area contributed by atoms with Crippen LogP contribution >= 0.6 is 22.6 Å². The summed E-state index contributed by atoms with van der Waals surface area (Å²) in [6.07, 6.45) is 3.81. The number of hydrogen-bond donors (Lipinski definition) is 1. The molecule has 1 unspecified atom stereocenters. The number of benzene rings is 1. The minimum absolute atomic E-state index is 0.204. The molecular formula is C14H15IN2. The molecule has 0 amide bonds. The second-order valence-electron chi connectivity index (χ2n) is 4.04. The lowest BCUT2D eigenvalue weighted by molar-refractivity contribution is 0.685. The van der Waals surface area contributed by atoms with Crippen molar-refractivity contribution in [2.45, 2.75) is 13.0 Å². The fourth-order valence-electron chi connectivity index (χ4n) is 1.95. The van der Waals surface area contributed by atoms with Crippen molar-refractivity contribution in [2.75, 3.05) is 7.05 Å². The van der Waals surface area contributed by atoms with Gasteiger partial charge in [-0.3, -0.25) is 4.98 Å². The van der Waals surface area contributed by atoms with Gasteiger partial charge in [0.25, 0.3) is 0 Å². The van der Waals surface area contributed by atoms with Crippen molar-refractivity contribution in [2.24, 2.45) is 0 Å². The van der Waals surface area contributed by atoms with E-state index in [9.17, 15) is 0 Å². The van der Waals surface area contributed by atoms with Gasteiger partial charge in [0.1, 0.15) is 0 Å². The summed E-state index contributed by atoms with van der Waals surface area (Å²) in [5.41, 5.74) is 3.69. The Hall–Kier alpha value is -0.940. The first-order valence-electron chi connectivity index (χ1n) is 5.55. The molecule has 0 bridgehead atoms. The van der Waals surface area contributed by atoms with E-state index in [-0.39, 0.29) is 6.04 Å². The molecular weight excluding hydrogens is 323 g/mol. The van der Waals surface area contributed by atoms with E-state index in [2.05, 4.69) is 70.1 Å². The minimum Gasteiger partial charge on any atom is -0.309 e. The second kappa shape index (κ2) is 5.60. The maximum atomic E-state index is 4.27. The van der Waals surface area contributed by atoms with Crippen molar-refractivity contribution in [3.63, 3.8) is 0 Å². The topological polar surface area (TPSA) is 24.9 Å². The molecule has 1 heterocycles. The largest absolute Gasteiger partial charge is 0.309 e. The predicted molar refractivity (Wildman–Crippen MR) is 79.0 cm³/mol. The lowest BCUT2D eigenvalue weighted by Gasteiger charge is -2.18. The van der Waals surface area contributed by atoms with E-state index in [4.69, 9.17) is 0 Å². The molecule has 1 aromatic heterocycles. The molecule has 0 aliphatic carbocycles. The van der Waals surface area contributed by atoms with Crippen LogP contribution in [0.15, 0.2) is 42.7 Å². The number of nitrogens with zero attached hydrogens (tertiary/aromatic N) is 1. The SMILES string of the molecule is CNC(c1cncc(C)c1)c1ccccc1I. The van der Waals surface area contributed by atoms with E-state index >= 15 is 0 Å².